The van der Waals surface area contributed by atoms with Crippen LogP contribution in [0.1, 0.15) is 47.8 Å². The highest BCUT2D eigenvalue weighted by molar-refractivity contribution is 6.03. The summed E-state index contributed by atoms with van der Waals surface area (Å²) in [4.78, 5) is 19.0. The summed E-state index contributed by atoms with van der Waals surface area (Å²) >= 11 is 0. The first-order valence-corrected chi connectivity index (χ1v) is 8.16. The van der Waals surface area contributed by atoms with E-state index >= 15 is 0 Å². The summed E-state index contributed by atoms with van der Waals surface area (Å²) in [5.41, 5.74) is 2.09. The number of nitrogens with one attached hydrogen (secondary N) is 1. The molecule has 0 atom stereocenters. The summed E-state index contributed by atoms with van der Waals surface area (Å²) in [6.07, 6.45) is 6.44. The number of carbonyl (C=O) groups excluding carboxylic acids is 1. The summed E-state index contributed by atoms with van der Waals surface area (Å²) in [6.45, 7) is 2.03. The maximum Gasteiger partial charge on any atom is 0.276 e. The number of amides is 1. The lowest BCUT2D eigenvalue weighted by Crippen LogP contribution is -2.21. The first-order chi connectivity index (χ1) is 11.3. The van der Waals surface area contributed by atoms with E-state index in [2.05, 4.69) is 25.4 Å². The molecule has 6 heteroatoms. The van der Waals surface area contributed by atoms with Gasteiger partial charge in [0.1, 0.15) is 0 Å². The summed E-state index contributed by atoms with van der Waals surface area (Å²) in [5.74, 6) is 1.09. The third kappa shape index (κ3) is 3.02. The van der Waals surface area contributed by atoms with Crippen molar-refractivity contribution in [2.24, 2.45) is 0 Å². The quantitative estimate of drug-likeness (QED) is 0.940. The number of anilines is 2. The van der Waals surface area contributed by atoms with Gasteiger partial charge in [0.05, 0.1) is 11.4 Å². The Kier molecular flexibility index (Phi) is 3.65. The fraction of sp³-hybridized carbons (Fsp3) is 0.412. The second-order valence-electron chi connectivity index (χ2n) is 6.14. The van der Waals surface area contributed by atoms with E-state index < -0.39 is 0 Å². The average Bonchev–Trinajstić information content (AvgIpc) is 3.29. The first-order valence-electron chi connectivity index (χ1n) is 8.16. The number of rotatable bonds is 4. The molecule has 6 nitrogen and oxygen atoms in total. The molecule has 2 aromatic rings. The van der Waals surface area contributed by atoms with Crippen molar-refractivity contribution in [3.63, 3.8) is 0 Å². The second kappa shape index (κ2) is 5.95. The first kappa shape index (κ1) is 14.1. The molecule has 0 radical (unpaired) electrons. The molecule has 23 heavy (non-hydrogen) atoms. The zero-order valence-corrected chi connectivity index (χ0v) is 12.9. The standard InChI is InChI=1S/C17H19N5O/c23-17(19-13-4-3-9-18-16(13)12-5-6-12)14-7-8-15(21-20-14)22-10-1-2-11-22/h3-4,7-9,12H,1-2,5-6,10-11H2,(H,19,23). The van der Waals surface area contributed by atoms with Crippen LogP contribution >= 0.6 is 0 Å². The van der Waals surface area contributed by atoms with Gasteiger partial charge in [0.2, 0.25) is 0 Å². The highest BCUT2D eigenvalue weighted by atomic mass is 16.1. The number of hydrogen-bond donors (Lipinski definition) is 1. The van der Waals surface area contributed by atoms with Gasteiger partial charge in [-0.3, -0.25) is 9.78 Å². The Morgan fingerprint density at radius 3 is 2.65 bits per heavy atom. The summed E-state index contributed by atoms with van der Waals surface area (Å²) in [6, 6.07) is 7.34. The predicted molar refractivity (Wildman–Crippen MR) is 87.6 cm³/mol. The van der Waals surface area contributed by atoms with Gasteiger partial charge < -0.3 is 10.2 Å². The lowest BCUT2D eigenvalue weighted by atomic mass is 10.2. The van der Waals surface area contributed by atoms with Crippen LogP contribution in [-0.2, 0) is 0 Å². The Morgan fingerprint density at radius 2 is 1.96 bits per heavy atom. The summed E-state index contributed by atoms with van der Waals surface area (Å²) in [5, 5.41) is 11.2. The van der Waals surface area contributed by atoms with E-state index in [1.165, 1.54) is 12.8 Å². The van der Waals surface area contributed by atoms with Gasteiger partial charge in [0.15, 0.2) is 11.5 Å². The third-order valence-corrected chi connectivity index (χ3v) is 4.36. The van der Waals surface area contributed by atoms with E-state index in [1.807, 2.05) is 18.2 Å². The van der Waals surface area contributed by atoms with Crippen LogP contribution in [0.2, 0.25) is 0 Å². The van der Waals surface area contributed by atoms with Gasteiger partial charge in [-0.25, -0.2) is 0 Å². The summed E-state index contributed by atoms with van der Waals surface area (Å²) in [7, 11) is 0. The molecule has 3 heterocycles. The molecule has 1 amide bonds. The molecule has 0 aromatic carbocycles. The van der Waals surface area contributed by atoms with Gasteiger partial charge in [-0.1, -0.05) is 0 Å². The van der Waals surface area contributed by atoms with Gasteiger partial charge in [-0.2, -0.15) is 0 Å². The van der Waals surface area contributed by atoms with Crippen molar-refractivity contribution in [1.29, 1.82) is 0 Å². The highest BCUT2D eigenvalue weighted by Crippen LogP contribution is 2.42. The van der Waals surface area contributed by atoms with Crippen molar-refractivity contribution in [3.05, 3.63) is 41.9 Å². The fourth-order valence-electron chi connectivity index (χ4n) is 2.95. The molecule has 1 aliphatic carbocycles. The molecule has 1 aliphatic heterocycles. The molecular weight excluding hydrogens is 290 g/mol. The topological polar surface area (TPSA) is 71.0 Å². The van der Waals surface area contributed by atoms with Crippen molar-refractivity contribution in [2.45, 2.75) is 31.6 Å². The minimum absolute atomic E-state index is 0.236. The number of pyridine rings is 1. The minimum atomic E-state index is -0.236. The zero-order chi connectivity index (χ0) is 15.6. The van der Waals surface area contributed by atoms with Crippen LogP contribution in [-0.4, -0.2) is 34.2 Å². The lowest BCUT2D eigenvalue weighted by Gasteiger charge is -2.15. The molecule has 0 unspecified atom stereocenters. The van der Waals surface area contributed by atoms with Crippen LogP contribution in [0.25, 0.3) is 0 Å². The molecule has 2 aromatic heterocycles. The Labute approximate surface area is 134 Å². The van der Waals surface area contributed by atoms with Crippen molar-refractivity contribution >= 4 is 17.4 Å². The van der Waals surface area contributed by atoms with Gasteiger partial charge >= 0.3 is 0 Å². The molecule has 0 bridgehead atoms. The SMILES string of the molecule is O=C(Nc1cccnc1C1CC1)c1ccc(N2CCCC2)nn1. The van der Waals surface area contributed by atoms with Crippen molar-refractivity contribution in [2.75, 3.05) is 23.3 Å². The molecule has 4 rings (SSSR count). The third-order valence-electron chi connectivity index (χ3n) is 4.36. The molecular formula is C17H19N5O. The van der Waals surface area contributed by atoms with E-state index in [4.69, 9.17) is 0 Å². The molecule has 1 saturated heterocycles. The number of hydrogen-bond acceptors (Lipinski definition) is 5. The molecule has 2 fully saturated rings. The van der Waals surface area contributed by atoms with Gasteiger partial charge in [-0.15, -0.1) is 10.2 Å². The highest BCUT2D eigenvalue weighted by Gasteiger charge is 2.28. The van der Waals surface area contributed by atoms with Crippen LogP contribution in [0.15, 0.2) is 30.5 Å². The van der Waals surface area contributed by atoms with Gasteiger partial charge in [0, 0.05) is 25.2 Å². The maximum atomic E-state index is 12.4. The molecule has 0 spiro atoms. The van der Waals surface area contributed by atoms with E-state index in [-0.39, 0.29) is 5.91 Å². The van der Waals surface area contributed by atoms with Crippen LogP contribution in [0, 0.1) is 0 Å². The van der Waals surface area contributed by atoms with Crippen molar-refractivity contribution in [1.82, 2.24) is 15.2 Å². The average molecular weight is 309 g/mol. The molecule has 1 N–H and O–H groups in total. The van der Waals surface area contributed by atoms with Crippen LogP contribution in [0.4, 0.5) is 11.5 Å². The minimum Gasteiger partial charge on any atom is -0.355 e. The maximum absolute atomic E-state index is 12.4. The number of nitrogens with zero attached hydrogens (tertiary/aromatic N) is 4. The Morgan fingerprint density at radius 1 is 1.13 bits per heavy atom. The van der Waals surface area contributed by atoms with E-state index in [1.54, 1.807) is 12.3 Å². The largest absolute Gasteiger partial charge is 0.355 e. The van der Waals surface area contributed by atoms with E-state index in [0.717, 1.165) is 43.1 Å². The Hall–Kier alpha value is -2.50. The molecule has 2 aliphatic rings. The van der Waals surface area contributed by atoms with E-state index in [0.29, 0.717) is 11.6 Å². The number of carbonyl (C=O) groups is 1. The monoisotopic (exact) mass is 309 g/mol. The smallest absolute Gasteiger partial charge is 0.276 e. The van der Waals surface area contributed by atoms with E-state index in [9.17, 15) is 4.79 Å². The zero-order valence-electron chi connectivity index (χ0n) is 12.9. The van der Waals surface area contributed by atoms with Crippen molar-refractivity contribution < 1.29 is 4.79 Å². The van der Waals surface area contributed by atoms with Crippen LogP contribution < -0.4 is 10.2 Å². The molecule has 1 saturated carbocycles. The van der Waals surface area contributed by atoms with Gasteiger partial charge in [0.25, 0.3) is 5.91 Å². The van der Waals surface area contributed by atoms with Crippen molar-refractivity contribution in [3.8, 4) is 0 Å². The Balaban J connectivity index is 1.48. The lowest BCUT2D eigenvalue weighted by molar-refractivity contribution is 0.102. The molecule has 118 valence electrons. The summed E-state index contributed by atoms with van der Waals surface area (Å²) < 4.78 is 0. The number of aromatic nitrogens is 3. The normalized spacial score (nSPS) is 17.3. The fourth-order valence-corrected chi connectivity index (χ4v) is 2.95. The van der Waals surface area contributed by atoms with Crippen LogP contribution in [0.3, 0.4) is 0 Å². The van der Waals surface area contributed by atoms with Crippen LogP contribution in [0.5, 0.6) is 0 Å². The predicted octanol–water partition coefficient (Wildman–Crippen LogP) is 2.60. The second-order valence-corrected chi connectivity index (χ2v) is 6.14. The Bertz CT molecular complexity index is 705. The van der Waals surface area contributed by atoms with Gasteiger partial charge in [-0.05, 0) is 49.9 Å².